The van der Waals surface area contributed by atoms with Crippen molar-refractivity contribution in [1.82, 2.24) is 0 Å². The lowest BCUT2D eigenvalue weighted by molar-refractivity contribution is -0.226. The molecule has 2 heterocycles. The molecule has 0 radical (unpaired) electrons. The minimum Gasteiger partial charge on any atom is -0.393 e. The van der Waals surface area contributed by atoms with Gasteiger partial charge >= 0.3 is 0 Å². The van der Waals surface area contributed by atoms with E-state index in [9.17, 15) is 40.9 Å². The Labute approximate surface area is 338 Å². The zero-order valence-electron chi connectivity index (χ0n) is 35.4. The Bertz CT molecular complexity index is 1360. The molecule has 6 rings (SSSR count). The van der Waals surface area contributed by atoms with Gasteiger partial charge in [0, 0.05) is 14.2 Å². The molecule has 0 aromatic carbocycles. The van der Waals surface area contributed by atoms with Gasteiger partial charge < -0.3 is 69.3 Å². The lowest BCUT2D eigenvalue weighted by Gasteiger charge is -2.59. The van der Waals surface area contributed by atoms with Gasteiger partial charge in [-0.05, 0) is 96.9 Å². The summed E-state index contributed by atoms with van der Waals surface area (Å²) in [7, 11) is 2.81. The van der Waals surface area contributed by atoms with E-state index in [-0.39, 0.29) is 47.7 Å². The van der Waals surface area contributed by atoms with E-state index in [1.807, 2.05) is 0 Å². The average Bonchev–Trinajstić information content (AvgIpc) is 3.75. The predicted octanol–water partition coefficient (Wildman–Crippen LogP) is 2.04. The standard InChI is InChI=1S/C43H74O14/c1-9-22(20(2)3)11-10-21(4)31-29(17-25-30-24(13-15-43(25,31)6)42(5)14-12-23(44)16-26(42)32(47)33(30)48)54-41-36(51)39(38(56-41)28(46)19-53-8)57-40-35(50)34(49)37(55-40)27(45)18-52-7/h20-24,26-29,31-41,44-51H,9-19H2,1-8H3/t21-,22-,23-,24+,26-,27+,28+,29-,31+,32+,33-,34-,35-,36-,37+,38+,39-,40+,41-,42-,43+/m1/s1. The maximum absolute atomic E-state index is 12.0. The van der Waals surface area contributed by atoms with Crippen LogP contribution in [0.1, 0.15) is 99.3 Å². The van der Waals surface area contributed by atoms with E-state index in [1.165, 1.54) is 14.2 Å². The van der Waals surface area contributed by atoms with Gasteiger partial charge in [0.15, 0.2) is 12.6 Å². The van der Waals surface area contributed by atoms with Gasteiger partial charge in [-0.2, -0.15) is 0 Å². The summed E-state index contributed by atoms with van der Waals surface area (Å²) in [5.74, 6) is 1.09. The quantitative estimate of drug-likeness (QED) is 0.105. The Balaban J connectivity index is 1.32. The summed E-state index contributed by atoms with van der Waals surface area (Å²) in [6, 6.07) is 0. The summed E-state index contributed by atoms with van der Waals surface area (Å²) in [5, 5.41) is 89.5. The molecular formula is C43H74O14. The monoisotopic (exact) mass is 815 g/mol. The zero-order valence-corrected chi connectivity index (χ0v) is 35.4. The van der Waals surface area contributed by atoms with Crippen LogP contribution in [0.25, 0.3) is 0 Å². The van der Waals surface area contributed by atoms with E-state index in [1.54, 1.807) is 0 Å². The molecule has 0 unspecified atom stereocenters. The van der Waals surface area contributed by atoms with Crippen LogP contribution < -0.4 is 0 Å². The highest BCUT2D eigenvalue weighted by Crippen LogP contribution is 2.66. The molecule has 0 spiro atoms. The first-order chi connectivity index (χ1) is 26.9. The SMILES string of the molecule is CC[C@H](CC[C@@H](C)[C@H]1[C@H](O[C@@H]2O[C@@H]([C@@H](O)COC)[C@H](O[C@@H]3O[C@@H]([C@@H](O)COC)[C@H](O)[C@H]3O)[C@H]2O)CC2=C3[C@@H](O)[C@@H](O)[C@H]4C[C@H](O)CC[C@]4(C)[C@H]3CC[C@@]21C)C(C)C. The van der Waals surface area contributed by atoms with Crippen molar-refractivity contribution in [3.8, 4) is 0 Å². The summed E-state index contributed by atoms with van der Waals surface area (Å²) in [6.45, 7) is 13.2. The first kappa shape index (κ1) is 45.7. The third kappa shape index (κ3) is 8.41. The lowest BCUT2D eigenvalue weighted by atomic mass is 9.47. The molecule has 0 bridgehead atoms. The maximum Gasteiger partial charge on any atom is 0.187 e. The van der Waals surface area contributed by atoms with E-state index in [0.29, 0.717) is 31.1 Å². The highest BCUT2D eigenvalue weighted by Gasteiger charge is 2.63. The molecule has 0 aromatic rings. The fourth-order valence-electron chi connectivity index (χ4n) is 12.5. The molecule has 2 aliphatic heterocycles. The molecule has 0 amide bonds. The van der Waals surface area contributed by atoms with Crippen molar-refractivity contribution in [2.45, 2.75) is 185 Å². The summed E-state index contributed by atoms with van der Waals surface area (Å²) in [5.41, 5.74) is 1.38. The molecule has 5 fully saturated rings. The van der Waals surface area contributed by atoms with Gasteiger partial charge in [0.2, 0.25) is 0 Å². The molecule has 14 nitrogen and oxygen atoms in total. The lowest BCUT2D eigenvalue weighted by Crippen LogP contribution is -2.58. The topological polar surface area (TPSA) is 217 Å². The molecule has 2 saturated heterocycles. The summed E-state index contributed by atoms with van der Waals surface area (Å²) >= 11 is 0. The molecule has 57 heavy (non-hydrogen) atoms. The summed E-state index contributed by atoms with van der Waals surface area (Å²) < 4.78 is 35.3. The second-order valence-corrected chi connectivity index (χ2v) is 19.3. The van der Waals surface area contributed by atoms with E-state index >= 15 is 0 Å². The number of ether oxygens (including phenoxy) is 6. The van der Waals surface area contributed by atoms with Crippen LogP contribution in [0.15, 0.2) is 11.1 Å². The minimum atomic E-state index is -1.58. The first-order valence-corrected chi connectivity index (χ1v) is 21.7. The largest absolute Gasteiger partial charge is 0.393 e. The first-order valence-electron chi connectivity index (χ1n) is 21.7. The van der Waals surface area contributed by atoms with Gasteiger partial charge in [-0.15, -0.1) is 0 Å². The third-order valence-corrected chi connectivity index (χ3v) is 15.7. The zero-order chi connectivity index (χ0) is 41.7. The smallest absolute Gasteiger partial charge is 0.187 e. The van der Waals surface area contributed by atoms with Crippen molar-refractivity contribution in [2.24, 2.45) is 46.3 Å². The summed E-state index contributed by atoms with van der Waals surface area (Å²) in [4.78, 5) is 0. The molecule has 3 saturated carbocycles. The van der Waals surface area contributed by atoms with Crippen LogP contribution in [0, 0.1) is 46.3 Å². The molecule has 0 aromatic heterocycles. The Hall–Kier alpha value is -0.820. The van der Waals surface area contributed by atoms with Crippen molar-refractivity contribution in [2.75, 3.05) is 27.4 Å². The van der Waals surface area contributed by atoms with E-state index in [0.717, 1.165) is 49.7 Å². The third-order valence-electron chi connectivity index (χ3n) is 15.7. The van der Waals surface area contributed by atoms with Crippen LogP contribution in [-0.4, -0.2) is 154 Å². The van der Waals surface area contributed by atoms with Crippen LogP contribution >= 0.6 is 0 Å². The fourth-order valence-corrected chi connectivity index (χ4v) is 12.5. The van der Waals surface area contributed by atoms with Gasteiger partial charge in [-0.25, -0.2) is 0 Å². The summed E-state index contributed by atoms with van der Waals surface area (Å²) in [6.07, 6.45) is -9.36. The van der Waals surface area contributed by atoms with Gasteiger partial charge in [0.25, 0.3) is 0 Å². The Morgan fingerprint density at radius 1 is 0.772 bits per heavy atom. The van der Waals surface area contributed by atoms with Crippen molar-refractivity contribution in [3.63, 3.8) is 0 Å². The molecule has 14 heteroatoms. The average molecular weight is 815 g/mol. The van der Waals surface area contributed by atoms with Crippen molar-refractivity contribution in [3.05, 3.63) is 11.1 Å². The molecule has 8 N–H and O–H groups in total. The number of hydrogen-bond donors (Lipinski definition) is 8. The van der Waals surface area contributed by atoms with Crippen molar-refractivity contribution in [1.29, 1.82) is 0 Å². The Morgan fingerprint density at radius 3 is 2.04 bits per heavy atom. The number of fused-ring (bicyclic) bond motifs is 4. The molecule has 4 aliphatic carbocycles. The molecule has 21 atom stereocenters. The number of aliphatic hydroxyl groups is 8. The van der Waals surface area contributed by atoms with Crippen molar-refractivity contribution >= 4 is 0 Å². The van der Waals surface area contributed by atoms with Crippen LogP contribution in [0.4, 0.5) is 0 Å². The van der Waals surface area contributed by atoms with E-state index in [4.69, 9.17) is 28.4 Å². The predicted molar refractivity (Wildman–Crippen MR) is 207 cm³/mol. The van der Waals surface area contributed by atoms with Gasteiger partial charge in [-0.3, -0.25) is 0 Å². The highest BCUT2D eigenvalue weighted by atomic mass is 16.8. The maximum atomic E-state index is 12.0. The van der Waals surface area contributed by atoms with Gasteiger partial charge in [0.05, 0.1) is 31.5 Å². The highest BCUT2D eigenvalue weighted by molar-refractivity contribution is 5.39. The van der Waals surface area contributed by atoms with E-state index < -0.39 is 85.8 Å². The van der Waals surface area contributed by atoms with Crippen LogP contribution in [0.5, 0.6) is 0 Å². The normalized spacial score (nSPS) is 46.8. The Kier molecular flexibility index (Phi) is 14.6. The number of hydrogen-bond acceptors (Lipinski definition) is 14. The number of rotatable bonds is 16. The van der Waals surface area contributed by atoms with Gasteiger partial charge in [0.1, 0.15) is 54.9 Å². The van der Waals surface area contributed by atoms with Crippen LogP contribution in [0.2, 0.25) is 0 Å². The van der Waals surface area contributed by atoms with Crippen LogP contribution in [0.3, 0.4) is 0 Å². The van der Waals surface area contributed by atoms with Crippen LogP contribution in [-0.2, 0) is 28.4 Å². The number of methoxy groups -OCH3 is 2. The van der Waals surface area contributed by atoms with Crippen molar-refractivity contribution < 1.29 is 69.3 Å². The fraction of sp³-hybridized carbons (Fsp3) is 0.953. The number of aliphatic hydroxyl groups excluding tert-OH is 8. The minimum absolute atomic E-state index is 0.0371. The second kappa shape index (κ2) is 18.3. The Morgan fingerprint density at radius 2 is 1.40 bits per heavy atom. The van der Waals surface area contributed by atoms with E-state index in [2.05, 4.69) is 41.5 Å². The molecular weight excluding hydrogens is 740 g/mol. The molecule has 330 valence electrons. The second-order valence-electron chi connectivity index (χ2n) is 19.3. The molecule has 6 aliphatic rings. The van der Waals surface area contributed by atoms with Gasteiger partial charge in [-0.1, -0.05) is 60.0 Å².